The number of nitrogens with zero attached hydrogens (tertiary/aromatic N) is 6. The molecular formula is C42H32As2Mn2N6O12S2. The third-order valence-corrected chi connectivity index (χ3v) is 14.7. The SMILES string of the molecule is O=S(=O)([O-])c1ccccc1[As](=O)([O-])O.O=S(=O)([O-])c1ccccc1[As](=O)([O-])O.[Mn+2].[Mn+2].c1ccc(-c2cccc(-c3ccccn3)n2)nc1.c1ccc(-c2cccc(-c3ccccn3)n2)nc1. The molecule has 24 heteroatoms. The first-order chi connectivity index (χ1) is 30.3. The van der Waals surface area contributed by atoms with Crippen molar-refractivity contribution in [2.24, 2.45) is 0 Å². The van der Waals surface area contributed by atoms with Crippen LogP contribution in [0, 0.1) is 0 Å². The number of benzene rings is 2. The Hall–Kier alpha value is -5.24. The van der Waals surface area contributed by atoms with Gasteiger partial charge in [-0.05, 0) is 72.8 Å². The maximum Gasteiger partial charge on any atom is 2.00 e. The van der Waals surface area contributed by atoms with E-state index in [1.165, 1.54) is 24.3 Å². The third kappa shape index (κ3) is 16.6. The third-order valence-electron chi connectivity index (χ3n) is 8.09. The Bertz CT molecular complexity index is 2810. The minimum Gasteiger partial charge on any atom is -0.255 e. The first-order valence-corrected chi connectivity index (χ1v) is 27.5. The van der Waals surface area contributed by atoms with Gasteiger partial charge in [-0.15, -0.1) is 0 Å². The molecular weight excluding hydrogens is 1100 g/mol. The smallest absolute Gasteiger partial charge is 0.255 e. The molecule has 0 saturated carbocycles. The Morgan fingerprint density at radius 1 is 0.364 bits per heavy atom. The van der Waals surface area contributed by atoms with Crippen LogP contribution in [0.3, 0.4) is 0 Å². The predicted octanol–water partition coefficient (Wildman–Crippen LogP) is 1.45. The molecule has 6 heterocycles. The van der Waals surface area contributed by atoms with Gasteiger partial charge in [-0.1, -0.05) is 36.4 Å². The number of pyridine rings is 6. The Morgan fingerprint density at radius 2 is 0.591 bits per heavy atom. The van der Waals surface area contributed by atoms with E-state index in [0.29, 0.717) is 0 Å². The first-order valence-electron chi connectivity index (χ1n) is 18.1. The largest absolute Gasteiger partial charge is 2.00 e. The molecule has 0 aliphatic rings. The van der Waals surface area contributed by atoms with Crippen LogP contribution in [-0.4, -0.2) is 92.4 Å². The van der Waals surface area contributed by atoms with Gasteiger partial charge in [0.05, 0.1) is 45.6 Å². The summed E-state index contributed by atoms with van der Waals surface area (Å²) < 4.78 is 122. The topological polar surface area (TPSA) is 312 Å². The van der Waals surface area contributed by atoms with Crippen LogP contribution in [0.25, 0.3) is 45.6 Å². The summed E-state index contributed by atoms with van der Waals surface area (Å²) in [6.45, 7) is 0. The van der Waals surface area contributed by atoms with Crippen molar-refractivity contribution in [2.45, 2.75) is 9.79 Å². The summed E-state index contributed by atoms with van der Waals surface area (Å²) >= 11 is -11.2. The molecule has 6 aromatic heterocycles. The van der Waals surface area contributed by atoms with E-state index < -0.39 is 67.1 Å². The van der Waals surface area contributed by atoms with E-state index in [1.54, 1.807) is 24.8 Å². The van der Waals surface area contributed by atoms with Gasteiger partial charge in [-0.25, -0.2) is 9.97 Å². The van der Waals surface area contributed by atoms with Crippen LogP contribution in [0.4, 0.5) is 0 Å². The summed E-state index contributed by atoms with van der Waals surface area (Å²) in [6.07, 6.45) is 7.07. The molecule has 0 spiro atoms. The quantitative estimate of drug-likeness (QED) is 0.161. The van der Waals surface area contributed by atoms with Gasteiger partial charge in [-0.3, -0.25) is 19.9 Å². The fraction of sp³-hybridized carbons (Fsp3) is 0. The van der Waals surface area contributed by atoms with Gasteiger partial charge in [0, 0.05) is 24.8 Å². The number of hydrogen-bond acceptors (Lipinski definition) is 16. The van der Waals surface area contributed by atoms with Gasteiger partial charge in [0.2, 0.25) is 0 Å². The van der Waals surface area contributed by atoms with Gasteiger partial charge in [0.15, 0.2) is 0 Å². The maximum atomic E-state index is 10.7. The molecule has 2 aromatic carbocycles. The molecule has 0 saturated heterocycles. The molecule has 8 rings (SSSR count). The zero-order valence-electron chi connectivity index (χ0n) is 33.4. The van der Waals surface area contributed by atoms with Crippen molar-refractivity contribution < 1.29 is 83.9 Å². The van der Waals surface area contributed by atoms with E-state index in [0.717, 1.165) is 69.8 Å². The fourth-order valence-corrected chi connectivity index (χ4v) is 11.7. The molecule has 0 aliphatic heterocycles. The van der Waals surface area contributed by atoms with Gasteiger partial charge in [0.25, 0.3) is 0 Å². The minimum atomic E-state index is -5.61. The fourth-order valence-electron chi connectivity index (χ4n) is 5.30. The van der Waals surface area contributed by atoms with E-state index in [2.05, 4.69) is 29.9 Å². The first kappa shape index (κ1) is 55.1. The van der Waals surface area contributed by atoms with Gasteiger partial charge in [-0.2, -0.15) is 0 Å². The van der Waals surface area contributed by atoms with E-state index in [4.69, 9.17) is 8.19 Å². The normalized spacial score (nSPS) is 12.5. The van der Waals surface area contributed by atoms with Crippen LogP contribution in [0.1, 0.15) is 0 Å². The van der Waals surface area contributed by atoms with Crippen molar-refractivity contribution in [3.63, 3.8) is 0 Å². The molecule has 2 radical (unpaired) electrons. The average Bonchev–Trinajstić information content (AvgIpc) is 3.30. The molecule has 66 heavy (non-hydrogen) atoms. The van der Waals surface area contributed by atoms with E-state index in [9.17, 15) is 41.6 Å². The molecule has 0 bridgehead atoms. The summed E-state index contributed by atoms with van der Waals surface area (Å²) in [5, 5.41) is 0. The zero-order chi connectivity index (χ0) is 46.4. The molecule has 0 amide bonds. The summed E-state index contributed by atoms with van der Waals surface area (Å²) in [7, 11) is -9.77. The molecule has 2 unspecified atom stereocenters. The minimum absolute atomic E-state index is 0. The summed E-state index contributed by atoms with van der Waals surface area (Å²) in [5.41, 5.74) is 6.92. The molecule has 0 fully saturated rings. The number of hydrogen-bond donors (Lipinski definition) is 2. The van der Waals surface area contributed by atoms with Crippen LogP contribution in [-0.2, 0) is 61.9 Å². The summed E-state index contributed by atoms with van der Waals surface area (Å²) in [6, 6.07) is 43.2. The van der Waals surface area contributed by atoms with E-state index >= 15 is 0 Å². The standard InChI is InChI=1S/2C15H11N3.2C6H7AsO6S.2Mn/c2*1-3-10-16-12(6-1)14-8-5-9-15(18-14)13-7-2-4-11-17-13;2*8-7(9,10)5-3-1-2-4-6(5)14(11,12)13;;/h2*1-11H;2*1-4H,(H2,8,9,10)(H,11,12,13);;/q;;;;2*+2/p-4. The van der Waals surface area contributed by atoms with Crippen molar-refractivity contribution in [2.75, 3.05) is 0 Å². The van der Waals surface area contributed by atoms with E-state index in [-0.39, 0.29) is 34.1 Å². The number of aromatic nitrogens is 6. The number of rotatable bonds is 8. The van der Waals surface area contributed by atoms with Crippen molar-refractivity contribution in [1.29, 1.82) is 0 Å². The summed E-state index contributed by atoms with van der Waals surface area (Å²) in [4.78, 5) is 24.5. The second-order valence-electron chi connectivity index (χ2n) is 12.6. The average molecular weight is 1140 g/mol. The Kier molecular flexibility index (Phi) is 20.9. The second kappa shape index (κ2) is 25.0. The van der Waals surface area contributed by atoms with Gasteiger partial charge >= 0.3 is 200 Å². The Morgan fingerprint density at radius 3 is 0.788 bits per heavy atom. The van der Waals surface area contributed by atoms with Crippen LogP contribution < -0.4 is 16.9 Å². The molecule has 2 N–H and O–H groups in total. The molecule has 0 aliphatic carbocycles. The van der Waals surface area contributed by atoms with Crippen LogP contribution >= 0.6 is 0 Å². The molecule has 8 aromatic rings. The maximum absolute atomic E-state index is 10.7. The van der Waals surface area contributed by atoms with Crippen molar-refractivity contribution >= 4 is 57.3 Å². The molecule has 338 valence electrons. The van der Waals surface area contributed by atoms with Crippen molar-refractivity contribution in [3.05, 3.63) is 183 Å². The zero-order valence-corrected chi connectivity index (χ0v) is 41.2. The van der Waals surface area contributed by atoms with Crippen LogP contribution in [0.5, 0.6) is 0 Å². The van der Waals surface area contributed by atoms with Gasteiger partial charge < -0.3 is 0 Å². The van der Waals surface area contributed by atoms with E-state index in [1.807, 2.05) is 109 Å². The van der Waals surface area contributed by atoms with Crippen LogP contribution in [0.2, 0.25) is 0 Å². The van der Waals surface area contributed by atoms with Crippen molar-refractivity contribution in [1.82, 2.24) is 29.9 Å². The molecule has 18 nitrogen and oxygen atoms in total. The Labute approximate surface area is 405 Å². The predicted molar refractivity (Wildman–Crippen MR) is 227 cm³/mol. The monoisotopic (exact) mass is 1140 g/mol. The van der Waals surface area contributed by atoms with Crippen LogP contribution in [0.15, 0.2) is 192 Å². The Balaban J connectivity index is 0.000000233. The molecule has 2 atom stereocenters. The second-order valence-corrected chi connectivity index (χ2v) is 21.6. The van der Waals surface area contributed by atoms with Gasteiger partial charge in [0.1, 0.15) is 0 Å². The summed E-state index contributed by atoms with van der Waals surface area (Å²) in [5.74, 6) is 0. The van der Waals surface area contributed by atoms with Crippen molar-refractivity contribution in [3.8, 4) is 45.6 Å².